The van der Waals surface area contributed by atoms with E-state index < -0.39 is 23.4 Å². The van der Waals surface area contributed by atoms with Gasteiger partial charge in [-0.2, -0.15) is 18.3 Å². The number of amides is 1. The van der Waals surface area contributed by atoms with Crippen LogP contribution in [0.15, 0.2) is 30.5 Å². The number of carbonyl (C=O) groups excluding carboxylic acids is 1. The molecule has 2 heterocycles. The molecule has 1 aromatic heterocycles. The van der Waals surface area contributed by atoms with Crippen LogP contribution >= 0.6 is 0 Å². The molecule has 0 aliphatic carbocycles. The summed E-state index contributed by atoms with van der Waals surface area (Å²) in [5, 5.41) is 12.5. The molecule has 1 amide bonds. The highest BCUT2D eigenvalue weighted by Crippen LogP contribution is 2.33. The molecule has 6 nitrogen and oxygen atoms in total. The highest BCUT2D eigenvalue weighted by Gasteiger charge is 2.40. The minimum atomic E-state index is -4.88. The maximum atomic E-state index is 13.3. The molecule has 1 aliphatic rings. The number of carboxylic acid groups (broad SMARTS) is 1. The number of carbonyl (C=O) groups is 2. The molecule has 0 bridgehead atoms. The second kappa shape index (κ2) is 6.47. The van der Waals surface area contributed by atoms with Gasteiger partial charge in [0.05, 0.1) is 11.9 Å². The van der Waals surface area contributed by atoms with Gasteiger partial charge in [-0.15, -0.1) is 0 Å². The first kappa shape index (κ1) is 18.0. The zero-order valence-corrected chi connectivity index (χ0v) is 13.8. The van der Waals surface area contributed by atoms with Gasteiger partial charge in [-0.05, 0) is 36.6 Å². The molecule has 1 aromatic carbocycles. The van der Waals surface area contributed by atoms with Gasteiger partial charge in [-0.3, -0.25) is 4.79 Å². The summed E-state index contributed by atoms with van der Waals surface area (Å²) in [6, 6.07) is 5.48. The van der Waals surface area contributed by atoms with E-state index in [1.54, 1.807) is 4.90 Å². The van der Waals surface area contributed by atoms with Crippen LogP contribution in [0.4, 0.5) is 13.2 Å². The van der Waals surface area contributed by atoms with E-state index in [-0.39, 0.29) is 11.6 Å². The van der Waals surface area contributed by atoms with Crippen LogP contribution < -0.4 is 0 Å². The van der Waals surface area contributed by atoms with E-state index in [1.165, 1.54) is 24.3 Å². The average molecular weight is 367 g/mol. The SMILES string of the molecule is CC1CCN(C(=O)c2ccc(-n3ncc(C(=O)O)c3C(F)(F)F)cc2)C1. The first-order valence-electron chi connectivity index (χ1n) is 7.96. The molecule has 0 spiro atoms. The Labute approximate surface area is 146 Å². The summed E-state index contributed by atoms with van der Waals surface area (Å²) < 4.78 is 40.3. The van der Waals surface area contributed by atoms with Gasteiger partial charge in [-0.25, -0.2) is 9.48 Å². The molecule has 1 saturated heterocycles. The lowest BCUT2D eigenvalue weighted by Crippen LogP contribution is -2.28. The number of rotatable bonds is 3. The van der Waals surface area contributed by atoms with E-state index in [0.717, 1.165) is 6.42 Å². The number of hydrogen-bond donors (Lipinski definition) is 1. The van der Waals surface area contributed by atoms with E-state index in [9.17, 15) is 22.8 Å². The number of carboxylic acids is 1. The van der Waals surface area contributed by atoms with E-state index in [2.05, 4.69) is 5.10 Å². The van der Waals surface area contributed by atoms with Crippen LogP contribution in [-0.2, 0) is 6.18 Å². The Morgan fingerprint density at radius 3 is 2.38 bits per heavy atom. The Bertz CT molecular complexity index is 843. The van der Waals surface area contributed by atoms with Crippen LogP contribution in [-0.4, -0.2) is 44.8 Å². The van der Waals surface area contributed by atoms with E-state index >= 15 is 0 Å². The topological polar surface area (TPSA) is 75.4 Å². The lowest BCUT2D eigenvalue weighted by atomic mass is 10.1. The van der Waals surface area contributed by atoms with Crippen LogP contribution in [0.5, 0.6) is 0 Å². The highest BCUT2D eigenvalue weighted by atomic mass is 19.4. The average Bonchev–Trinajstić information content (AvgIpc) is 3.20. The first-order chi connectivity index (χ1) is 12.2. The quantitative estimate of drug-likeness (QED) is 0.905. The molecule has 2 aromatic rings. The minimum Gasteiger partial charge on any atom is -0.478 e. The van der Waals surface area contributed by atoms with E-state index in [1.807, 2.05) is 6.92 Å². The van der Waals surface area contributed by atoms with Crippen molar-refractivity contribution in [1.29, 1.82) is 0 Å². The second-order valence-corrected chi connectivity index (χ2v) is 6.31. The lowest BCUT2D eigenvalue weighted by Gasteiger charge is -2.16. The highest BCUT2D eigenvalue weighted by molar-refractivity contribution is 5.94. The van der Waals surface area contributed by atoms with Crippen molar-refractivity contribution in [2.75, 3.05) is 13.1 Å². The molecule has 1 aliphatic heterocycles. The smallest absolute Gasteiger partial charge is 0.434 e. The summed E-state index contributed by atoms with van der Waals surface area (Å²) in [5.74, 6) is -1.46. The fourth-order valence-electron chi connectivity index (χ4n) is 3.02. The van der Waals surface area contributed by atoms with Gasteiger partial charge in [0, 0.05) is 18.7 Å². The van der Waals surface area contributed by atoms with Crippen LogP contribution in [0, 0.1) is 5.92 Å². The van der Waals surface area contributed by atoms with E-state index in [4.69, 9.17) is 5.11 Å². The van der Waals surface area contributed by atoms with Crippen molar-refractivity contribution in [1.82, 2.24) is 14.7 Å². The number of benzene rings is 1. The molecule has 0 saturated carbocycles. The number of aromatic nitrogens is 2. The standard InChI is InChI=1S/C17H16F3N3O3/c1-10-6-7-22(9-10)15(24)11-2-4-12(5-3-11)23-14(17(18,19)20)13(8-21-23)16(25)26/h2-5,8,10H,6-7,9H2,1H3,(H,25,26). The van der Waals surface area contributed by atoms with Crippen LogP contribution in [0.3, 0.4) is 0 Å². The summed E-state index contributed by atoms with van der Waals surface area (Å²) in [6.07, 6.45) is -3.30. The van der Waals surface area contributed by atoms with Gasteiger partial charge >= 0.3 is 12.1 Å². The number of alkyl halides is 3. The Hall–Kier alpha value is -2.84. The number of nitrogens with zero attached hydrogens (tertiary/aromatic N) is 3. The Kier molecular flexibility index (Phi) is 4.47. The summed E-state index contributed by atoms with van der Waals surface area (Å²) in [4.78, 5) is 25.1. The minimum absolute atomic E-state index is 0.0242. The van der Waals surface area contributed by atoms with Gasteiger partial charge in [-0.1, -0.05) is 6.92 Å². The number of hydrogen-bond acceptors (Lipinski definition) is 3. The number of halogens is 3. The predicted octanol–water partition coefficient (Wildman–Crippen LogP) is 3.07. The zero-order chi connectivity index (χ0) is 19.1. The summed E-state index contributed by atoms with van der Waals surface area (Å²) in [6.45, 7) is 3.35. The van der Waals surface area contributed by atoms with Crippen molar-refractivity contribution >= 4 is 11.9 Å². The molecular weight excluding hydrogens is 351 g/mol. The molecule has 3 rings (SSSR count). The Balaban J connectivity index is 1.92. The van der Waals surface area contributed by atoms with Gasteiger partial charge in [0.2, 0.25) is 0 Å². The summed E-state index contributed by atoms with van der Waals surface area (Å²) >= 11 is 0. The van der Waals surface area contributed by atoms with Gasteiger partial charge < -0.3 is 10.0 Å². The van der Waals surface area contributed by atoms with Crippen LogP contribution in [0.1, 0.15) is 39.8 Å². The number of likely N-dealkylation sites (tertiary alicyclic amines) is 1. The lowest BCUT2D eigenvalue weighted by molar-refractivity contribution is -0.143. The van der Waals surface area contributed by atoms with Crippen LogP contribution in [0.25, 0.3) is 5.69 Å². The Morgan fingerprint density at radius 1 is 1.23 bits per heavy atom. The van der Waals surface area contributed by atoms with Crippen molar-refractivity contribution in [3.63, 3.8) is 0 Å². The fraction of sp³-hybridized carbons (Fsp3) is 0.353. The molecule has 138 valence electrons. The third-order valence-corrected chi connectivity index (χ3v) is 4.34. The normalized spacial score (nSPS) is 17.5. The summed E-state index contributed by atoms with van der Waals surface area (Å²) in [5.41, 5.74) is -1.90. The molecular formula is C17H16F3N3O3. The molecule has 26 heavy (non-hydrogen) atoms. The van der Waals surface area contributed by atoms with Crippen molar-refractivity contribution in [3.05, 3.63) is 47.3 Å². The zero-order valence-electron chi connectivity index (χ0n) is 13.8. The molecule has 1 N–H and O–H groups in total. The third-order valence-electron chi connectivity index (χ3n) is 4.34. The van der Waals surface area contributed by atoms with Gasteiger partial charge in [0.25, 0.3) is 5.91 Å². The van der Waals surface area contributed by atoms with E-state index in [0.29, 0.717) is 35.4 Å². The molecule has 0 radical (unpaired) electrons. The largest absolute Gasteiger partial charge is 0.478 e. The maximum absolute atomic E-state index is 13.3. The third kappa shape index (κ3) is 3.29. The predicted molar refractivity (Wildman–Crippen MR) is 85.2 cm³/mol. The van der Waals surface area contributed by atoms with Crippen LogP contribution in [0.2, 0.25) is 0 Å². The van der Waals surface area contributed by atoms with Crippen molar-refractivity contribution in [2.45, 2.75) is 19.5 Å². The molecule has 9 heteroatoms. The van der Waals surface area contributed by atoms with Crippen molar-refractivity contribution < 1.29 is 27.9 Å². The first-order valence-corrected chi connectivity index (χ1v) is 7.96. The molecule has 1 atom stereocenters. The maximum Gasteiger partial charge on any atom is 0.434 e. The fourth-order valence-corrected chi connectivity index (χ4v) is 3.02. The van der Waals surface area contributed by atoms with Gasteiger partial charge in [0.15, 0.2) is 5.69 Å². The monoisotopic (exact) mass is 367 g/mol. The number of aromatic carboxylic acids is 1. The molecule has 1 fully saturated rings. The molecule has 1 unspecified atom stereocenters. The van der Waals surface area contributed by atoms with Crippen molar-refractivity contribution in [2.24, 2.45) is 5.92 Å². The summed E-state index contributed by atoms with van der Waals surface area (Å²) in [7, 11) is 0. The Morgan fingerprint density at radius 2 is 1.88 bits per heavy atom. The van der Waals surface area contributed by atoms with Crippen molar-refractivity contribution in [3.8, 4) is 5.69 Å². The second-order valence-electron chi connectivity index (χ2n) is 6.31. The van der Waals surface area contributed by atoms with Gasteiger partial charge in [0.1, 0.15) is 5.56 Å².